The molecule has 1 amide bonds. The van der Waals surface area contributed by atoms with Gasteiger partial charge in [0.15, 0.2) is 0 Å². The molecule has 1 aromatic heterocycles. The zero-order valence-electron chi connectivity index (χ0n) is 10.1. The van der Waals surface area contributed by atoms with Gasteiger partial charge in [-0.1, -0.05) is 22.9 Å². The van der Waals surface area contributed by atoms with Gasteiger partial charge in [0.05, 0.1) is 6.26 Å². The van der Waals surface area contributed by atoms with Crippen molar-refractivity contribution >= 4 is 21.8 Å². The number of likely N-dealkylation sites (tertiary alicyclic amines) is 1. The van der Waals surface area contributed by atoms with Crippen LogP contribution in [0.2, 0.25) is 0 Å². The van der Waals surface area contributed by atoms with Crippen LogP contribution in [-0.4, -0.2) is 28.7 Å². The molecule has 0 bridgehead atoms. The first-order valence-corrected chi connectivity index (χ1v) is 7.02. The maximum Gasteiger partial charge on any atom is 0.223 e. The molecule has 17 heavy (non-hydrogen) atoms. The molecule has 3 nitrogen and oxygen atoms in total. The number of nitrogens with zero attached hydrogens (tertiary/aromatic N) is 1. The molecule has 94 valence electrons. The quantitative estimate of drug-likeness (QED) is 0.804. The van der Waals surface area contributed by atoms with Crippen LogP contribution in [0.5, 0.6) is 0 Å². The van der Waals surface area contributed by atoms with Crippen LogP contribution in [0.25, 0.3) is 0 Å². The molecule has 1 aliphatic rings. The van der Waals surface area contributed by atoms with Crippen molar-refractivity contribution < 1.29 is 9.21 Å². The first-order chi connectivity index (χ1) is 8.16. The van der Waals surface area contributed by atoms with Crippen molar-refractivity contribution in [2.24, 2.45) is 5.92 Å². The summed E-state index contributed by atoms with van der Waals surface area (Å²) >= 11 is 3.64. The van der Waals surface area contributed by atoms with E-state index in [-0.39, 0.29) is 5.91 Å². The van der Waals surface area contributed by atoms with Gasteiger partial charge in [-0.3, -0.25) is 4.79 Å². The number of rotatable bonds is 3. The summed E-state index contributed by atoms with van der Waals surface area (Å²) < 4.78 is 5.23. The van der Waals surface area contributed by atoms with E-state index in [0.717, 1.165) is 25.3 Å². The second kappa shape index (κ2) is 5.71. The molecule has 1 saturated heterocycles. The smallest absolute Gasteiger partial charge is 0.223 e. The van der Waals surface area contributed by atoms with Gasteiger partial charge in [0.1, 0.15) is 5.76 Å². The number of carbonyl (C=O) groups is 1. The highest BCUT2D eigenvalue weighted by Gasteiger charge is 2.26. The third kappa shape index (κ3) is 3.35. The number of piperidine rings is 1. The predicted molar refractivity (Wildman–Crippen MR) is 70.1 cm³/mol. The summed E-state index contributed by atoms with van der Waals surface area (Å²) in [6.07, 6.45) is 3.98. The summed E-state index contributed by atoms with van der Waals surface area (Å²) in [5.74, 6) is 1.78. The van der Waals surface area contributed by atoms with Crippen LogP contribution in [0.4, 0.5) is 0 Å². The van der Waals surface area contributed by atoms with Crippen LogP contribution in [0.3, 0.4) is 0 Å². The standard InChI is InChI=1S/C13H18BrNO2/c1-10-6-7-15(9-12(10)14)13(16)5-4-11-3-2-8-17-11/h2-3,8,10,12H,4-7,9H2,1H3. The average Bonchev–Trinajstić information content (AvgIpc) is 2.82. The lowest BCUT2D eigenvalue weighted by Gasteiger charge is -2.34. The van der Waals surface area contributed by atoms with Crippen molar-refractivity contribution in [1.82, 2.24) is 4.90 Å². The van der Waals surface area contributed by atoms with Gasteiger partial charge in [0, 0.05) is 30.8 Å². The first kappa shape index (κ1) is 12.7. The SMILES string of the molecule is CC1CCN(C(=O)CCc2ccco2)CC1Br. The fraction of sp³-hybridized carbons (Fsp3) is 0.615. The van der Waals surface area contributed by atoms with E-state index in [1.807, 2.05) is 17.0 Å². The van der Waals surface area contributed by atoms with E-state index in [4.69, 9.17) is 4.42 Å². The van der Waals surface area contributed by atoms with Crippen LogP contribution in [0.15, 0.2) is 22.8 Å². The Hall–Kier alpha value is -0.770. The summed E-state index contributed by atoms with van der Waals surface area (Å²) in [4.78, 5) is 14.4. The Balaban J connectivity index is 1.80. The Kier molecular flexibility index (Phi) is 4.26. The van der Waals surface area contributed by atoms with Gasteiger partial charge < -0.3 is 9.32 Å². The number of hydrogen-bond donors (Lipinski definition) is 0. The van der Waals surface area contributed by atoms with Gasteiger partial charge in [-0.2, -0.15) is 0 Å². The number of amides is 1. The topological polar surface area (TPSA) is 33.5 Å². The summed E-state index contributed by atoms with van der Waals surface area (Å²) in [6, 6.07) is 3.77. The Morgan fingerprint density at radius 2 is 2.47 bits per heavy atom. The maximum absolute atomic E-state index is 12.0. The number of alkyl halides is 1. The number of furan rings is 1. The lowest BCUT2D eigenvalue weighted by Crippen LogP contribution is -2.43. The van der Waals surface area contributed by atoms with E-state index in [9.17, 15) is 4.79 Å². The highest BCUT2D eigenvalue weighted by atomic mass is 79.9. The minimum atomic E-state index is 0.234. The minimum absolute atomic E-state index is 0.234. The number of hydrogen-bond acceptors (Lipinski definition) is 2. The summed E-state index contributed by atoms with van der Waals surface area (Å²) in [7, 11) is 0. The predicted octanol–water partition coefficient (Wildman–Crippen LogP) is 2.84. The zero-order valence-corrected chi connectivity index (χ0v) is 11.6. The molecule has 4 heteroatoms. The van der Waals surface area contributed by atoms with Gasteiger partial charge in [-0.05, 0) is 24.5 Å². The van der Waals surface area contributed by atoms with Crippen LogP contribution in [0, 0.1) is 5.92 Å². The molecule has 0 aliphatic carbocycles. The second-order valence-corrected chi connectivity index (χ2v) is 5.88. The normalized spacial score (nSPS) is 24.9. The summed E-state index contributed by atoms with van der Waals surface area (Å²) in [6.45, 7) is 3.95. The molecule has 1 fully saturated rings. The van der Waals surface area contributed by atoms with Crippen LogP contribution in [0.1, 0.15) is 25.5 Å². The molecule has 0 N–H and O–H groups in total. The van der Waals surface area contributed by atoms with Crippen molar-refractivity contribution in [1.29, 1.82) is 0 Å². The molecule has 0 saturated carbocycles. The van der Waals surface area contributed by atoms with Gasteiger partial charge in [-0.25, -0.2) is 0 Å². The van der Waals surface area contributed by atoms with E-state index >= 15 is 0 Å². The first-order valence-electron chi connectivity index (χ1n) is 6.11. The van der Waals surface area contributed by atoms with E-state index in [0.29, 0.717) is 23.6 Å². The van der Waals surface area contributed by atoms with Crippen molar-refractivity contribution in [3.05, 3.63) is 24.2 Å². The third-order valence-electron chi connectivity index (χ3n) is 3.38. The fourth-order valence-electron chi connectivity index (χ4n) is 2.09. The van der Waals surface area contributed by atoms with Gasteiger partial charge in [0.25, 0.3) is 0 Å². The lowest BCUT2D eigenvalue weighted by atomic mass is 9.98. The highest BCUT2D eigenvalue weighted by molar-refractivity contribution is 9.09. The van der Waals surface area contributed by atoms with Crippen molar-refractivity contribution in [2.75, 3.05) is 13.1 Å². The molecule has 2 atom stereocenters. The molecule has 0 spiro atoms. The van der Waals surface area contributed by atoms with E-state index in [1.165, 1.54) is 0 Å². The molecular formula is C13H18BrNO2. The number of halogens is 1. The molecule has 2 heterocycles. The van der Waals surface area contributed by atoms with E-state index in [2.05, 4.69) is 22.9 Å². The third-order valence-corrected chi connectivity index (χ3v) is 4.58. The van der Waals surface area contributed by atoms with E-state index in [1.54, 1.807) is 6.26 Å². The zero-order chi connectivity index (χ0) is 12.3. The Morgan fingerprint density at radius 1 is 1.65 bits per heavy atom. The number of aryl methyl sites for hydroxylation is 1. The average molecular weight is 300 g/mol. The van der Waals surface area contributed by atoms with E-state index < -0.39 is 0 Å². The van der Waals surface area contributed by atoms with Crippen molar-refractivity contribution in [2.45, 2.75) is 31.0 Å². The highest BCUT2D eigenvalue weighted by Crippen LogP contribution is 2.23. The lowest BCUT2D eigenvalue weighted by molar-refractivity contribution is -0.132. The van der Waals surface area contributed by atoms with Gasteiger partial charge in [-0.15, -0.1) is 0 Å². The van der Waals surface area contributed by atoms with Gasteiger partial charge in [0.2, 0.25) is 5.91 Å². The number of carbonyl (C=O) groups excluding carboxylic acids is 1. The van der Waals surface area contributed by atoms with Gasteiger partial charge >= 0.3 is 0 Å². The minimum Gasteiger partial charge on any atom is -0.469 e. The van der Waals surface area contributed by atoms with Crippen molar-refractivity contribution in [3.8, 4) is 0 Å². The second-order valence-electron chi connectivity index (χ2n) is 4.70. The molecule has 2 rings (SSSR count). The Bertz CT molecular complexity index is 364. The summed E-state index contributed by atoms with van der Waals surface area (Å²) in [5.41, 5.74) is 0. The fourth-order valence-corrected chi connectivity index (χ4v) is 2.71. The summed E-state index contributed by atoms with van der Waals surface area (Å²) in [5, 5.41) is 0. The molecule has 0 radical (unpaired) electrons. The molecule has 1 aliphatic heterocycles. The Morgan fingerprint density at radius 3 is 3.12 bits per heavy atom. The van der Waals surface area contributed by atoms with Crippen LogP contribution < -0.4 is 0 Å². The van der Waals surface area contributed by atoms with Crippen LogP contribution >= 0.6 is 15.9 Å². The molecule has 1 aromatic rings. The Labute approximate surface area is 110 Å². The molecular weight excluding hydrogens is 282 g/mol. The molecule has 2 unspecified atom stereocenters. The largest absolute Gasteiger partial charge is 0.469 e. The van der Waals surface area contributed by atoms with Crippen LogP contribution in [-0.2, 0) is 11.2 Å². The molecule has 0 aromatic carbocycles. The maximum atomic E-state index is 12.0. The van der Waals surface area contributed by atoms with Crippen molar-refractivity contribution in [3.63, 3.8) is 0 Å². The monoisotopic (exact) mass is 299 g/mol.